The second-order valence-corrected chi connectivity index (χ2v) is 4.45. The van der Waals surface area contributed by atoms with E-state index < -0.39 is 0 Å². The Balaban J connectivity index is 1.88. The zero-order valence-corrected chi connectivity index (χ0v) is 10.8. The molecule has 96 valence electrons. The number of para-hydroxylation sites is 1. The average molecular weight is 260 g/mol. The highest BCUT2D eigenvalue weighted by molar-refractivity contribution is 5.68. The van der Waals surface area contributed by atoms with Crippen LogP contribution in [0.3, 0.4) is 0 Å². The van der Waals surface area contributed by atoms with Gasteiger partial charge in [-0.15, -0.1) is 0 Å². The highest BCUT2D eigenvalue weighted by Crippen LogP contribution is 2.26. The van der Waals surface area contributed by atoms with E-state index in [1.165, 1.54) is 0 Å². The molecule has 2 heterocycles. The van der Waals surface area contributed by atoms with Crippen molar-refractivity contribution in [2.75, 3.05) is 6.61 Å². The van der Waals surface area contributed by atoms with Crippen LogP contribution >= 0.6 is 0 Å². The summed E-state index contributed by atoms with van der Waals surface area (Å²) in [6, 6.07) is 11.9. The Morgan fingerprint density at radius 1 is 1.20 bits per heavy atom. The summed E-state index contributed by atoms with van der Waals surface area (Å²) in [5, 5.41) is 9.02. The van der Waals surface area contributed by atoms with E-state index in [4.69, 9.17) is 10.00 Å². The fourth-order valence-corrected chi connectivity index (χ4v) is 2.07. The maximum absolute atomic E-state index is 9.02. The molecule has 0 aliphatic carbocycles. The molecule has 0 fully saturated rings. The van der Waals surface area contributed by atoms with Crippen molar-refractivity contribution < 1.29 is 4.74 Å². The number of fused-ring (bicyclic) bond motifs is 1. The lowest BCUT2D eigenvalue weighted by molar-refractivity contribution is 0.351. The minimum absolute atomic E-state index is 0.542. The Morgan fingerprint density at radius 2 is 2.10 bits per heavy atom. The quantitative estimate of drug-likeness (QED) is 0.830. The van der Waals surface area contributed by atoms with Crippen LogP contribution in [-0.2, 0) is 0 Å². The van der Waals surface area contributed by atoms with E-state index in [0.29, 0.717) is 12.2 Å². The van der Waals surface area contributed by atoms with Crippen molar-refractivity contribution in [3.63, 3.8) is 0 Å². The van der Waals surface area contributed by atoms with Gasteiger partial charge in [0.1, 0.15) is 18.4 Å². The van der Waals surface area contributed by atoms with Gasteiger partial charge in [-0.05, 0) is 29.3 Å². The molecular formula is C17H12N2O. The van der Waals surface area contributed by atoms with E-state index in [1.54, 1.807) is 12.4 Å². The normalized spacial score (nSPS) is 13.2. The highest BCUT2D eigenvalue weighted by atomic mass is 16.5. The molecule has 3 nitrogen and oxygen atoms in total. The molecule has 3 heteroatoms. The lowest BCUT2D eigenvalue weighted by Crippen LogP contribution is -2.05. The van der Waals surface area contributed by atoms with Crippen LogP contribution in [0.15, 0.2) is 54.4 Å². The van der Waals surface area contributed by atoms with Crippen LogP contribution in [0.25, 0.3) is 12.2 Å². The zero-order chi connectivity index (χ0) is 13.8. The largest absolute Gasteiger partial charge is 0.488 e. The number of nitrogens with zero attached hydrogens (tertiary/aromatic N) is 2. The molecule has 0 spiro atoms. The van der Waals surface area contributed by atoms with Crippen molar-refractivity contribution >= 4 is 12.2 Å². The van der Waals surface area contributed by atoms with Gasteiger partial charge in [0.15, 0.2) is 0 Å². The van der Waals surface area contributed by atoms with Crippen molar-refractivity contribution in [1.82, 2.24) is 4.98 Å². The SMILES string of the molecule is N#Cc1cnccc1C=CC1=Cc2ccccc2OC1. The number of pyridine rings is 1. The van der Waals surface area contributed by atoms with E-state index in [2.05, 4.69) is 17.1 Å². The second-order valence-electron chi connectivity index (χ2n) is 4.45. The van der Waals surface area contributed by atoms with Crippen LogP contribution in [0.2, 0.25) is 0 Å². The van der Waals surface area contributed by atoms with E-state index in [-0.39, 0.29) is 0 Å². The lowest BCUT2D eigenvalue weighted by Gasteiger charge is -2.15. The third-order valence-electron chi connectivity index (χ3n) is 3.11. The smallest absolute Gasteiger partial charge is 0.127 e. The summed E-state index contributed by atoms with van der Waals surface area (Å²) in [5.41, 5.74) is 3.58. The fourth-order valence-electron chi connectivity index (χ4n) is 2.07. The lowest BCUT2D eigenvalue weighted by atomic mass is 10.1. The Morgan fingerprint density at radius 3 is 3.00 bits per heavy atom. The average Bonchev–Trinajstić information content (AvgIpc) is 2.53. The van der Waals surface area contributed by atoms with Gasteiger partial charge < -0.3 is 4.74 Å². The first-order valence-corrected chi connectivity index (χ1v) is 6.31. The van der Waals surface area contributed by atoms with E-state index >= 15 is 0 Å². The number of nitriles is 1. The van der Waals surface area contributed by atoms with Gasteiger partial charge in [-0.1, -0.05) is 30.4 Å². The summed E-state index contributed by atoms with van der Waals surface area (Å²) in [6.07, 6.45) is 9.25. The molecule has 3 rings (SSSR count). The molecule has 0 saturated carbocycles. The van der Waals surface area contributed by atoms with Gasteiger partial charge in [0, 0.05) is 18.0 Å². The Bertz CT molecular complexity index is 739. The molecule has 0 N–H and O–H groups in total. The summed E-state index contributed by atoms with van der Waals surface area (Å²) < 4.78 is 5.68. The molecule has 0 amide bonds. The van der Waals surface area contributed by atoms with Gasteiger partial charge in [0.25, 0.3) is 0 Å². The molecule has 0 bridgehead atoms. The summed E-state index contributed by atoms with van der Waals surface area (Å²) in [7, 11) is 0. The predicted octanol–water partition coefficient (Wildman–Crippen LogP) is 3.44. The van der Waals surface area contributed by atoms with Crippen LogP contribution in [-0.4, -0.2) is 11.6 Å². The Kier molecular flexibility index (Phi) is 3.30. The minimum Gasteiger partial charge on any atom is -0.488 e. The molecule has 2 aromatic rings. The van der Waals surface area contributed by atoms with Crippen LogP contribution in [0, 0.1) is 11.3 Å². The van der Waals surface area contributed by atoms with E-state index in [1.807, 2.05) is 42.5 Å². The second kappa shape index (κ2) is 5.41. The topological polar surface area (TPSA) is 45.9 Å². The van der Waals surface area contributed by atoms with Crippen molar-refractivity contribution in [1.29, 1.82) is 5.26 Å². The van der Waals surface area contributed by atoms with Gasteiger partial charge in [0.2, 0.25) is 0 Å². The fraction of sp³-hybridized carbons (Fsp3) is 0.0588. The Labute approximate surface area is 117 Å². The van der Waals surface area contributed by atoms with Gasteiger partial charge in [-0.2, -0.15) is 5.26 Å². The van der Waals surface area contributed by atoms with Crippen molar-refractivity contribution in [3.05, 3.63) is 71.1 Å². The van der Waals surface area contributed by atoms with Gasteiger partial charge in [-0.25, -0.2) is 0 Å². The first kappa shape index (κ1) is 12.2. The molecule has 1 aromatic carbocycles. The molecule has 1 aliphatic heterocycles. The van der Waals surface area contributed by atoms with Crippen LogP contribution in [0.4, 0.5) is 0 Å². The number of ether oxygens (including phenoxy) is 1. The van der Waals surface area contributed by atoms with Crippen LogP contribution < -0.4 is 4.74 Å². The Hall–Kier alpha value is -2.86. The summed E-state index contributed by atoms with van der Waals surface area (Å²) in [6.45, 7) is 0.542. The summed E-state index contributed by atoms with van der Waals surface area (Å²) >= 11 is 0. The molecular weight excluding hydrogens is 248 g/mol. The third-order valence-corrected chi connectivity index (χ3v) is 3.11. The molecule has 0 atom stereocenters. The van der Waals surface area contributed by atoms with Crippen molar-refractivity contribution in [3.8, 4) is 11.8 Å². The standard InChI is InChI=1S/C17H12N2O/c18-10-16-11-19-8-7-14(16)6-5-13-9-15-3-1-2-4-17(15)20-12-13/h1-9,11H,12H2. The number of aromatic nitrogens is 1. The molecule has 0 unspecified atom stereocenters. The maximum Gasteiger partial charge on any atom is 0.127 e. The van der Waals surface area contributed by atoms with Crippen molar-refractivity contribution in [2.24, 2.45) is 0 Å². The van der Waals surface area contributed by atoms with E-state index in [0.717, 1.165) is 22.4 Å². The molecule has 0 saturated heterocycles. The number of benzene rings is 1. The summed E-state index contributed by atoms with van der Waals surface area (Å²) in [4.78, 5) is 3.94. The van der Waals surface area contributed by atoms with Gasteiger partial charge in [0.05, 0.1) is 5.56 Å². The van der Waals surface area contributed by atoms with Gasteiger partial charge in [-0.3, -0.25) is 4.98 Å². The monoisotopic (exact) mass is 260 g/mol. The number of hydrogen-bond acceptors (Lipinski definition) is 3. The maximum atomic E-state index is 9.02. The number of rotatable bonds is 2. The first-order chi connectivity index (χ1) is 9.86. The minimum atomic E-state index is 0.542. The third kappa shape index (κ3) is 2.45. The van der Waals surface area contributed by atoms with Crippen molar-refractivity contribution in [2.45, 2.75) is 0 Å². The van der Waals surface area contributed by atoms with E-state index in [9.17, 15) is 0 Å². The molecule has 0 radical (unpaired) electrons. The number of hydrogen-bond donors (Lipinski definition) is 0. The van der Waals surface area contributed by atoms with Gasteiger partial charge >= 0.3 is 0 Å². The summed E-state index contributed by atoms with van der Waals surface area (Å²) in [5.74, 6) is 0.909. The van der Waals surface area contributed by atoms with Crippen LogP contribution in [0.5, 0.6) is 5.75 Å². The molecule has 1 aromatic heterocycles. The first-order valence-electron chi connectivity index (χ1n) is 6.31. The highest BCUT2D eigenvalue weighted by Gasteiger charge is 2.08. The molecule has 20 heavy (non-hydrogen) atoms. The van der Waals surface area contributed by atoms with Crippen LogP contribution in [0.1, 0.15) is 16.7 Å². The zero-order valence-electron chi connectivity index (χ0n) is 10.8. The molecule has 1 aliphatic rings. The predicted molar refractivity (Wildman–Crippen MR) is 77.9 cm³/mol.